The first-order valence-electron chi connectivity index (χ1n) is 2.74. The molecule has 1 radical (unpaired) electrons. The molecule has 0 bridgehead atoms. The van der Waals surface area contributed by atoms with Crippen LogP contribution >= 0.6 is 11.6 Å². The number of halogens is 1. The highest BCUT2D eigenvalue weighted by molar-refractivity contribution is 6.21. The zero-order valence-electron chi connectivity index (χ0n) is 4.95. The second-order valence-corrected chi connectivity index (χ2v) is 2.39. The molecule has 0 saturated carbocycles. The summed E-state index contributed by atoms with van der Waals surface area (Å²) in [5.41, 5.74) is 0. The average molecular weight is 120 g/mol. The van der Waals surface area contributed by atoms with Crippen molar-refractivity contribution in [3.8, 4) is 0 Å². The van der Waals surface area contributed by atoms with Crippen LogP contribution in [-0.2, 0) is 0 Å². The molecule has 1 atom stereocenters. The molecule has 0 N–H and O–H groups in total. The number of hydrogen-bond acceptors (Lipinski definition) is 0. The Morgan fingerprint density at radius 2 is 2.29 bits per heavy atom. The summed E-state index contributed by atoms with van der Waals surface area (Å²) in [6.45, 7) is 4.13. The van der Waals surface area contributed by atoms with E-state index in [1.54, 1.807) is 0 Å². The van der Waals surface area contributed by atoms with Crippen molar-refractivity contribution >= 4 is 11.6 Å². The van der Waals surface area contributed by atoms with Gasteiger partial charge in [-0.05, 0) is 19.8 Å². The molecule has 0 aromatic heterocycles. The Labute approximate surface area is 50.9 Å². The topological polar surface area (TPSA) is 0 Å². The van der Waals surface area contributed by atoms with Crippen molar-refractivity contribution in [1.29, 1.82) is 0 Å². The fraction of sp³-hybridized carbons (Fsp3) is 0.833. The number of rotatable bonds is 3. The molecule has 0 saturated heterocycles. The lowest BCUT2D eigenvalue weighted by molar-refractivity contribution is 0.856. The lowest BCUT2D eigenvalue weighted by Gasteiger charge is -1.96. The minimum atomic E-state index is 0.250. The van der Waals surface area contributed by atoms with E-state index in [0.717, 1.165) is 6.42 Å². The fourth-order valence-corrected chi connectivity index (χ4v) is 0.522. The van der Waals surface area contributed by atoms with Gasteiger partial charge in [0.25, 0.3) is 0 Å². The Kier molecular flexibility index (Phi) is 4.63. The highest BCUT2D eigenvalue weighted by atomic mass is 35.5. The van der Waals surface area contributed by atoms with Crippen molar-refractivity contribution in [1.82, 2.24) is 0 Å². The molecule has 0 aromatic carbocycles. The quantitative estimate of drug-likeness (QED) is 0.501. The molecule has 0 aliphatic heterocycles. The van der Waals surface area contributed by atoms with E-state index in [9.17, 15) is 0 Å². The van der Waals surface area contributed by atoms with E-state index >= 15 is 0 Å². The molecule has 0 aromatic rings. The zero-order chi connectivity index (χ0) is 5.70. The normalized spacial score (nSPS) is 14.1. The average Bonchev–Trinajstić information content (AvgIpc) is 1.61. The summed E-state index contributed by atoms with van der Waals surface area (Å²) < 4.78 is 0. The van der Waals surface area contributed by atoms with Crippen LogP contribution in [-0.4, -0.2) is 5.38 Å². The summed E-state index contributed by atoms with van der Waals surface area (Å²) in [6, 6.07) is 0. The van der Waals surface area contributed by atoms with Crippen LogP contribution in [0, 0.1) is 6.42 Å². The van der Waals surface area contributed by atoms with Gasteiger partial charge in [0, 0.05) is 5.38 Å². The van der Waals surface area contributed by atoms with Crippen molar-refractivity contribution in [2.45, 2.75) is 32.1 Å². The van der Waals surface area contributed by atoms with Crippen molar-refractivity contribution in [3.05, 3.63) is 6.42 Å². The maximum Gasteiger partial charge on any atom is 0.0339 e. The molecule has 0 heterocycles. The van der Waals surface area contributed by atoms with Gasteiger partial charge in [-0.25, -0.2) is 0 Å². The van der Waals surface area contributed by atoms with Crippen molar-refractivity contribution in [2.24, 2.45) is 0 Å². The van der Waals surface area contributed by atoms with E-state index in [1.165, 1.54) is 6.42 Å². The molecule has 0 fully saturated rings. The van der Waals surface area contributed by atoms with Crippen LogP contribution in [0.25, 0.3) is 0 Å². The molecule has 7 heavy (non-hydrogen) atoms. The summed E-state index contributed by atoms with van der Waals surface area (Å²) in [7, 11) is 0. The molecule has 1 heteroatoms. The molecule has 0 aliphatic rings. The van der Waals surface area contributed by atoms with Crippen molar-refractivity contribution < 1.29 is 0 Å². The van der Waals surface area contributed by atoms with Gasteiger partial charge in [-0.3, -0.25) is 0 Å². The summed E-state index contributed by atoms with van der Waals surface area (Å²) in [5.74, 6) is 0. The molecule has 0 aliphatic carbocycles. The summed E-state index contributed by atoms with van der Waals surface area (Å²) >= 11 is 5.60. The van der Waals surface area contributed by atoms with E-state index in [0.29, 0.717) is 0 Å². The third-order valence-electron chi connectivity index (χ3n) is 0.780. The van der Waals surface area contributed by atoms with Crippen LogP contribution in [0.5, 0.6) is 0 Å². The van der Waals surface area contributed by atoms with E-state index in [-0.39, 0.29) is 5.38 Å². The first kappa shape index (κ1) is 7.29. The Balaban J connectivity index is 2.68. The van der Waals surface area contributed by atoms with Gasteiger partial charge in [-0.2, -0.15) is 0 Å². The summed E-state index contributed by atoms with van der Waals surface area (Å²) in [4.78, 5) is 0. The SMILES string of the molecule is CCC[CH]C(C)Cl. The van der Waals surface area contributed by atoms with Gasteiger partial charge in [0.2, 0.25) is 0 Å². The first-order chi connectivity index (χ1) is 3.27. The predicted molar refractivity (Wildman–Crippen MR) is 34.5 cm³/mol. The fourth-order valence-electron chi connectivity index (χ4n) is 0.396. The van der Waals surface area contributed by atoms with E-state index < -0.39 is 0 Å². The van der Waals surface area contributed by atoms with Crippen LogP contribution in [0.3, 0.4) is 0 Å². The van der Waals surface area contributed by atoms with E-state index in [2.05, 4.69) is 13.3 Å². The standard InChI is InChI=1S/C6H12Cl/c1-3-4-5-6(2)7/h5-6H,3-4H2,1-2H3. The second-order valence-electron chi connectivity index (χ2n) is 1.70. The third-order valence-corrected chi connectivity index (χ3v) is 0.958. The van der Waals surface area contributed by atoms with Gasteiger partial charge >= 0.3 is 0 Å². The lowest BCUT2D eigenvalue weighted by Crippen LogP contribution is -1.89. The smallest absolute Gasteiger partial charge is 0.0339 e. The highest BCUT2D eigenvalue weighted by Gasteiger charge is 1.91. The Bertz CT molecular complexity index is 33.2. The first-order valence-corrected chi connectivity index (χ1v) is 3.18. The van der Waals surface area contributed by atoms with Crippen LogP contribution in [0.15, 0.2) is 0 Å². The van der Waals surface area contributed by atoms with Gasteiger partial charge in [-0.15, -0.1) is 11.6 Å². The second kappa shape index (κ2) is 4.45. The van der Waals surface area contributed by atoms with E-state index in [4.69, 9.17) is 11.6 Å². The van der Waals surface area contributed by atoms with Crippen molar-refractivity contribution in [3.63, 3.8) is 0 Å². The molecular formula is C6H12Cl. The van der Waals surface area contributed by atoms with Gasteiger partial charge in [-0.1, -0.05) is 13.3 Å². The highest BCUT2D eigenvalue weighted by Crippen LogP contribution is 2.03. The maximum atomic E-state index is 5.60. The molecule has 0 nitrogen and oxygen atoms in total. The van der Waals surface area contributed by atoms with Crippen LogP contribution in [0.2, 0.25) is 0 Å². The predicted octanol–water partition coefficient (Wildman–Crippen LogP) is 2.62. The Morgan fingerprint density at radius 3 is 2.43 bits per heavy atom. The molecule has 0 rings (SSSR count). The van der Waals surface area contributed by atoms with Gasteiger partial charge in [0.1, 0.15) is 0 Å². The molecule has 0 spiro atoms. The Morgan fingerprint density at radius 1 is 1.71 bits per heavy atom. The summed E-state index contributed by atoms with van der Waals surface area (Å²) in [5, 5.41) is 0.250. The van der Waals surface area contributed by atoms with Crippen LogP contribution in [0.4, 0.5) is 0 Å². The van der Waals surface area contributed by atoms with E-state index in [1.807, 2.05) is 6.92 Å². The van der Waals surface area contributed by atoms with Gasteiger partial charge < -0.3 is 0 Å². The number of unbranched alkanes of at least 4 members (excludes halogenated alkanes) is 1. The molecule has 43 valence electrons. The summed E-state index contributed by atoms with van der Waals surface area (Å²) in [6.07, 6.45) is 4.46. The van der Waals surface area contributed by atoms with Crippen molar-refractivity contribution in [2.75, 3.05) is 0 Å². The number of hydrogen-bond donors (Lipinski definition) is 0. The lowest BCUT2D eigenvalue weighted by atomic mass is 10.2. The Hall–Kier alpha value is 0.290. The van der Waals surface area contributed by atoms with Crippen LogP contribution < -0.4 is 0 Å². The minimum absolute atomic E-state index is 0.250. The maximum absolute atomic E-state index is 5.60. The van der Waals surface area contributed by atoms with Gasteiger partial charge in [0.05, 0.1) is 0 Å². The van der Waals surface area contributed by atoms with Gasteiger partial charge in [0.15, 0.2) is 0 Å². The number of alkyl halides is 1. The third kappa shape index (κ3) is 6.29. The minimum Gasteiger partial charge on any atom is -0.123 e. The molecule has 1 unspecified atom stereocenters. The largest absolute Gasteiger partial charge is 0.123 e. The monoisotopic (exact) mass is 119 g/mol. The molecular weight excluding hydrogens is 108 g/mol. The molecule has 0 amide bonds. The van der Waals surface area contributed by atoms with Crippen LogP contribution in [0.1, 0.15) is 26.7 Å². The zero-order valence-corrected chi connectivity index (χ0v) is 5.70.